The van der Waals surface area contributed by atoms with E-state index in [0.29, 0.717) is 12.2 Å². The lowest BCUT2D eigenvalue weighted by atomic mass is 10.2. The van der Waals surface area contributed by atoms with Crippen LogP contribution in [0.15, 0.2) is 12.4 Å². The van der Waals surface area contributed by atoms with E-state index in [2.05, 4.69) is 15.3 Å². The second-order valence-corrected chi connectivity index (χ2v) is 3.05. The summed E-state index contributed by atoms with van der Waals surface area (Å²) in [5.41, 5.74) is 0.238. The molecule has 0 saturated carbocycles. The molecule has 5 heteroatoms. The van der Waals surface area contributed by atoms with Crippen LogP contribution in [0.25, 0.3) is 0 Å². The van der Waals surface area contributed by atoms with E-state index in [1.54, 1.807) is 0 Å². The average molecular weight is 204 g/mol. The maximum atomic E-state index is 11.3. The molecule has 0 saturated heterocycles. The molecular formula is C10H12N4O. The first kappa shape index (κ1) is 11.1. The minimum absolute atomic E-state index is 0.0733. The number of anilines is 1. The van der Waals surface area contributed by atoms with Crippen molar-refractivity contribution in [1.82, 2.24) is 9.97 Å². The van der Waals surface area contributed by atoms with Crippen LogP contribution in [-0.2, 0) is 4.79 Å². The molecule has 0 bridgehead atoms. The number of amides is 1. The average Bonchev–Trinajstić information content (AvgIpc) is 2.27. The number of carbonyl (C=O) groups is 1. The number of unbranched alkanes of at least 4 members (excludes halogenated alkanes) is 1. The van der Waals surface area contributed by atoms with E-state index in [1.807, 2.05) is 13.0 Å². The Morgan fingerprint density at radius 1 is 1.53 bits per heavy atom. The monoisotopic (exact) mass is 204 g/mol. The summed E-state index contributed by atoms with van der Waals surface area (Å²) in [5.74, 6) is 0.311. The Hall–Kier alpha value is -1.96. The van der Waals surface area contributed by atoms with Gasteiger partial charge in [0.2, 0.25) is 5.91 Å². The van der Waals surface area contributed by atoms with Crippen molar-refractivity contribution in [2.45, 2.75) is 26.2 Å². The number of nitrogens with one attached hydrogen (secondary N) is 1. The molecule has 15 heavy (non-hydrogen) atoms. The molecule has 1 N–H and O–H groups in total. The maximum absolute atomic E-state index is 11.3. The Labute approximate surface area is 88.2 Å². The van der Waals surface area contributed by atoms with Gasteiger partial charge in [-0.25, -0.2) is 9.97 Å². The topological polar surface area (TPSA) is 78.7 Å². The zero-order valence-corrected chi connectivity index (χ0v) is 8.53. The highest BCUT2D eigenvalue weighted by Gasteiger charge is 2.02. The third-order valence-corrected chi connectivity index (χ3v) is 1.79. The summed E-state index contributed by atoms with van der Waals surface area (Å²) in [6.07, 6.45) is 5.03. The fourth-order valence-corrected chi connectivity index (χ4v) is 0.993. The lowest BCUT2D eigenvalue weighted by Crippen LogP contribution is -2.12. The first-order valence-corrected chi connectivity index (χ1v) is 4.78. The van der Waals surface area contributed by atoms with Crippen molar-refractivity contribution in [3.05, 3.63) is 18.1 Å². The molecule has 0 spiro atoms. The predicted molar refractivity (Wildman–Crippen MR) is 54.9 cm³/mol. The molecule has 0 unspecified atom stereocenters. The minimum Gasteiger partial charge on any atom is -0.309 e. The summed E-state index contributed by atoms with van der Waals surface area (Å²) in [6, 6.07) is 1.86. The summed E-state index contributed by atoms with van der Waals surface area (Å²) in [5, 5.41) is 11.1. The number of nitrogens with zero attached hydrogens (tertiary/aromatic N) is 3. The Balaban J connectivity index is 2.50. The van der Waals surface area contributed by atoms with E-state index in [-0.39, 0.29) is 11.6 Å². The molecule has 78 valence electrons. The van der Waals surface area contributed by atoms with Crippen LogP contribution in [0.3, 0.4) is 0 Å². The van der Waals surface area contributed by atoms with Crippen LogP contribution in [0.1, 0.15) is 31.9 Å². The molecule has 0 atom stereocenters. The van der Waals surface area contributed by atoms with Crippen molar-refractivity contribution in [2.24, 2.45) is 0 Å². The van der Waals surface area contributed by atoms with E-state index in [1.165, 1.54) is 12.4 Å². The molecule has 0 aromatic carbocycles. The first-order valence-electron chi connectivity index (χ1n) is 4.78. The van der Waals surface area contributed by atoms with Gasteiger partial charge in [-0.2, -0.15) is 5.26 Å². The van der Waals surface area contributed by atoms with E-state index < -0.39 is 0 Å². The largest absolute Gasteiger partial charge is 0.309 e. The van der Waals surface area contributed by atoms with Crippen molar-refractivity contribution in [2.75, 3.05) is 5.32 Å². The van der Waals surface area contributed by atoms with Crippen LogP contribution < -0.4 is 5.32 Å². The summed E-state index contributed by atoms with van der Waals surface area (Å²) in [6.45, 7) is 2.02. The van der Waals surface area contributed by atoms with Gasteiger partial charge in [0.25, 0.3) is 0 Å². The van der Waals surface area contributed by atoms with Gasteiger partial charge in [0.15, 0.2) is 11.5 Å². The number of hydrogen-bond donors (Lipinski definition) is 1. The molecule has 1 rings (SSSR count). The van der Waals surface area contributed by atoms with Crippen LogP contribution in [0.5, 0.6) is 0 Å². The van der Waals surface area contributed by atoms with Crippen LogP contribution in [-0.4, -0.2) is 15.9 Å². The minimum atomic E-state index is -0.0733. The van der Waals surface area contributed by atoms with Gasteiger partial charge < -0.3 is 5.32 Å². The zero-order chi connectivity index (χ0) is 11.1. The van der Waals surface area contributed by atoms with Gasteiger partial charge in [-0.1, -0.05) is 13.3 Å². The van der Waals surface area contributed by atoms with Crippen molar-refractivity contribution in [3.8, 4) is 6.07 Å². The molecule has 1 heterocycles. The first-order chi connectivity index (χ1) is 7.26. The molecule has 5 nitrogen and oxygen atoms in total. The third kappa shape index (κ3) is 3.73. The summed E-state index contributed by atoms with van der Waals surface area (Å²) < 4.78 is 0. The van der Waals surface area contributed by atoms with Gasteiger partial charge in [0.1, 0.15) is 6.07 Å². The standard InChI is InChI=1S/C10H12N4O/c1-2-3-4-10(15)14-9-7-12-8(5-11)6-13-9/h6-7H,2-4H2,1H3,(H,13,14,15). The fraction of sp³-hybridized carbons (Fsp3) is 0.400. The van der Waals surface area contributed by atoms with E-state index in [4.69, 9.17) is 5.26 Å². The van der Waals surface area contributed by atoms with Crippen molar-refractivity contribution in [3.63, 3.8) is 0 Å². The highest BCUT2D eigenvalue weighted by molar-refractivity contribution is 5.89. The molecule has 0 aliphatic carbocycles. The molecule has 0 fully saturated rings. The van der Waals surface area contributed by atoms with Gasteiger partial charge in [0, 0.05) is 6.42 Å². The van der Waals surface area contributed by atoms with Gasteiger partial charge in [-0.15, -0.1) is 0 Å². The lowest BCUT2D eigenvalue weighted by Gasteiger charge is -2.02. The van der Waals surface area contributed by atoms with Crippen LogP contribution >= 0.6 is 0 Å². The van der Waals surface area contributed by atoms with Crippen LogP contribution in [0.4, 0.5) is 5.82 Å². The molecule has 1 aromatic heterocycles. The third-order valence-electron chi connectivity index (χ3n) is 1.79. The number of aromatic nitrogens is 2. The maximum Gasteiger partial charge on any atom is 0.225 e. The molecule has 0 radical (unpaired) electrons. The van der Waals surface area contributed by atoms with E-state index >= 15 is 0 Å². The van der Waals surface area contributed by atoms with Crippen molar-refractivity contribution < 1.29 is 4.79 Å². The second-order valence-electron chi connectivity index (χ2n) is 3.05. The number of carbonyl (C=O) groups excluding carboxylic acids is 1. The van der Waals surface area contributed by atoms with Crippen molar-refractivity contribution in [1.29, 1.82) is 5.26 Å². The van der Waals surface area contributed by atoms with Gasteiger partial charge in [-0.05, 0) is 6.42 Å². The van der Waals surface area contributed by atoms with Crippen LogP contribution in [0.2, 0.25) is 0 Å². The lowest BCUT2D eigenvalue weighted by molar-refractivity contribution is -0.116. The van der Waals surface area contributed by atoms with Crippen molar-refractivity contribution >= 4 is 11.7 Å². The highest BCUT2D eigenvalue weighted by atomic mass is 16.1. The smallest absolute Gasteiger partial charge is 0.225 e. The Kier molecular flexibility index (Phi) is 4.23. The molecule has 1 amide bonds. The Morgan fingerprint density at radius 3 is 2.87 bits per heavy atom. The van der Waals surface area contributed by atoms with E-state index in [9.17, 15) is 4.79 Å². The quantitative estimate of drug-likeness (QED) is 0.805. The number of rotatable bonds is 4. The van der Waals surface area contributed by atoms with Crippen LogP contribution in [0, 0.1) is 11.3 Å². The summed E-state index contributed by atoms with van der Waals surface area (Å²) in [7, 11) is 0. The SMILES string of the molecule is CCCCC(=O)Nc1cnc(C#N)cn1. The van der Waals surface area contributed by atoms with Gasteiger partial charge >= 0.3 is 0 Å². The fourth-order valence-electron chi connectivity index (χ4n) is 0.993. The Morgan fingerprint density at radius 2 is 2.33 bits per heavy atom. The Bertz CT molecular complexity index is 366. The zero-order valence-electron chi connectivity index (χ0n) is 8.53. The second kappa shape index (κ2) is 5.70. The summed E-state index contributed by atoms with van der Waals surface area (Å²) >= 11 is 0. The number of hydrogen-bond acceptors (Lipinski definition) is 4. The van der Waals surface area contributed by atoms with Gasteiger partial charge in [0.05, 0.1) is 12.4 Å². The predicted octanol–water partition coefficient (Wildman–Crippen LogP) is 1.48. The molecule has 1 aromatic rings. The summed E-state index contributed by atoms with van der Waals surface area (Å²) in [4.78, 5) is 19.0. The number of nitriles is 1. The molecular weight excluding hydrogens is 192 g/mol. The van der Waals surface area contributed by atoms with E-state index in [0.717, 1.165) is 12.8 Å². The molecule has 0 aliphatic heterocycles. The van der Waals surface area contributed by atoms with Gasteiger partial charge in [-0.3, -0.25) is 4.79 Å². The normalized spacial score (nSPS) is 9.33. The molecule has 0 aliphatic rings. The highest BCUT2D eigenvalue weighted by Crippen LogP contribution is 2.02.